The Balaban J connectivity index is 1.56. The molecule has 0 aliphatic carbocycles. The molecule has 1 saturated heterocycles. The van der Waals surface area contributed by atoms with E-state index in [0.29, 0.717) is 0 Å². The van der Waals surface area contributed by atoms with E-state index in [9.17, 15) is 4.79 Å². The van der Waals surface area contributed by atoms with Gasteiger partial charge in [-0.15, -0.1) is 0 Å². The molecule has 1 fully saturated rings. The van der Waals surface area contributed by atoms with Crippen molar-refractivity contribution in [3.63, 3.8) is 0 Å². The maximum Gasteiger partial charge on any atom is 0.221 e. The predicted octanol–water partition coefficient (Wildman–Crippen LogP) is 4.13. The molecule has 1 N–H and O–H groups in total. The monoisotopic (exact) mass is 389 g/mol. The second kappa shape index (κ2) is 9.16. The Bertz CT molecular complexity index is 979. The molecule has 150 valence electrons. The first kappa shape index (κ1) is 19.6. The highest BCUT2D eigenvalue weighted by molar-refractivity contribution is 5.89. The smallest absolute Gasteiger partial charge is 0.221 e. The molecule has 0 saturated carbocycles. The summed E-state index contributed by atoms with van der Waals surface area (Å²) in [6.07, 6.45) is 2.15. The molecule has 29 heavy (non-hydrogen) atoms. The first-order valence-corrected chi connectivity index (χ1v) is 10.3. The molecule has 1 aliphatic rings. The fourth-order valence-corrected chi connectivity index (χ4v) is 3.85. The summed E-state index contributed by atoms with van der Waals surface area (Å²) < 4.78 is 5.44. The van der Waals surface area contributed by atoms with Crippen LogP contribution in [-0.2, 0) is 16.0 Å². The second-order valence-electron chi connectivity index (χ2n) is 7.50. The lowest BCUT2D eigenvalue weighted by Gasteiger charge is -2.26. The van der Waals surface area contributed by atoms with Crippen molar-refractivity contribution in [1.82, 2.24) is 9.88 Å². The lowest BCUT2D eigenvalue weighted by atomic mass is 10.0. The number of nitrogens with zero attached hydrogens (tertiary/aromatic N) is 2. The van der Waals surface area contributed by atoms with Gasteiger partial charge in [0.05, 0.1) is 24.4 Å². The Morgan fingerprint density at radius 1 is 1.10 bits per heavy atom. The van der Waals surface area contributed by atoms with Crippen LogP contribution in [0.1, 0.15) is 18.9 Å². The number of hydrogen-bond acceptors (Lipinski definition) is 4. The van der Waals surface area contributed by atoms with Crippen LogP contribution in [0.4, 0.5) is 5.69 Å². The molecule has 0 radical (unpaired) electrons. The average molecular weight is 389 g/mol. The molecule has 2 heterocycles. The zero-order chi connectivity index (χ0) is 20.1. The van der Waals surface area contributed by atoms with Crippen molar-refractivity contribution in [2.24, 2.45) is 0 Å². The van der Waals surface area contributed by atoms with E-state index in [4.69, 9.17) is 9.72 Å². The van der Waals surface area contributed by atoms with Crippen molar-refractivity contribution in [3.8, 4) is 11.3 Å². The average Bonchev–Trinajstić information content (AvgIpc) is 2.74. The van der Waals surface area contributed by atoms with Gasteiger partial charge in [-0.2, -0.15) is 0 Å². The summed E-state index contributed by atoms with van der Waals surface area (Å²) in [7, 11) is 0. The zero-order valence-corrected chi connectivity index (χ0v) is 16.9. The molecule has 0 unspecified atom stereocenters. The quantitative estimate of drug-likeness (QED) is 0.689. The zero-order valence-electron chi connectivity index (χ0n) is 16.9. The molecule has 1 aromatic heterocycles. The highest BCUT2D eigenvalue weighted by Gasteiger charge is 2.11. The Morgan fingerprint density at radius 3 is 2.62 bits per heavy atom. The van der Waals surface area contributed by atoms with E-state index in [1.807, 2.05) is 30.3 Å². The van der Waals surface area contributed by atoms with E-state index < -0.39 is 0 Å². The third-order valence-corrected chi connectivity index (χ3v) is 5.33. The van der Waals surface area contributed by atoms with Crippen LogP contribution in [0, 0.1) is 0 Å². The third-order valence-electron chi connectivity index (χ3n) is 5.33. The van der Waals surface area contributed by atoms with Crippen LogP contribution in [0.5, 0.6) is 0 Å². The molecule has 4 rings (SSSR count). The van der Waals surface area contributed by atoms with Crippen molar-refractivity contribution in [3.05, 3.63) is 60.2 Å². The number of ether oxygens (including phenoxy) is 1. The first-order valence-electron chi connectivity index (χ1n) is 10.3. The Hall–Kier alpha value is -2.76. The van der Waals surface area contributed by atoms with Crippen molar-refractivity contribution < 1.29 is 9.53 Å². The number of carbonyl (C=O) groups excluding carboxylic acids is 1. The molecular weight excluding hydrogens is 362 g/mol. The minimum Gasteiger partial charge on any atom is -0.379 e. The first-order chi connectivity index (χ1) is 14.2. The summed E-state index contributed by atoms with van der Waals surface area (Å²) >= 11 is 0. The Morgan fingerprint density at radius 2 is 1.86 bits per heavy atom. The van der Waals surface area contributed by atoms with Crippen LogP contribution in [0.15, 0.2) is 54.6 Å². The van der Waals surface area contributed by atoms with Gasteiger partial charge in [0.25, 0.3) is 0 Å². The number of aromatic nitrogens is 1. The summed E-state index contributed by atoms with van der Waals surface area (Å²) in [5.74, 6) is -0.0656. The maximum atomic E-state index is 11.2. The summed E-state index contributed by atoms with van der Waals surface area (Å²) in [6, 6.07) is 18.5. The number of para-hydroxylation sites is 1. The molecule has 1 aliphatic heterocycles. The summed E-state index contributed by atoms with van der Waals surface area (Å²) in [6.45, 7) is 6.36. The number of hydrogen-bond donors (Lipinski definition) is 1. The third kappa shape index (κ3) is 5.00. The highest BCUT2D eigenvalue weighted by atomic mass is 16.5. The standard InChI is InChI=1S/C24H27N3O2/c1-18(28)25-21-10-8-19(9-11-21)24-17-20(22-6-2-3-7-23(22)26-24)5-4-12-27-13-15-29-16-14-27/h2-3,6-11,17H,4-5,12-16H2,1H3,(H,25,28). The molecule has 1 amide bonds. The fraction of sp³-hybridized carbons (Fsp3) is 0.333. The topological polar surface area (TPSA) is 54.5 Å². The van der Waals surface area contributed by atoms with Gasteiger partial charge >= 0.3 is 0 Å². The van der Waals surface area contributed by atoms with E-state index in [2.05, 4.69) is 34.5 Å². The molecule has 5 heteroatoms. The molecular formula is C24H27N3O2. The normalized spacial score (nSPS) is 14.8. The van der Waals surface area contributed by atoms with E-state index in [1.54, 1.807) is 0 Å². The van der Waals surface area contributed by atoms with Crippen LogP contribution >= 0.6 is 0 Å². The molecule has 3 aromatic rings. The molecule has 0 spiro atoms. The van der Waals surface area contributed by atoms with Gasteiger partial charge < -0.3 is 10.1 Å². The van der Waals surface area contributed by atoms with Gasteiger partial charge in [0, 0.05) is 36.7 Å². The SMILES string of the molecule is CC(=O)Nc1ccc(-c2cc(CCCN3CCOCC3)c3ccccc3n2)cc1. The van der Waals surface area contributed by atoms with Gasteiger partial charge in [-0.05, 0) is 49.2 Å². The number of pyridine rings is 1. The number of amides is 1. The van der Waals surface area contributed by atoms with E-state index >= 15 is 0 Å². The number of nitrogens with one attached hydrogen (secondary N) is 1. The molecule has 0 bridgehead atoms. The number of fused-ring (bicyclic) bond motifs is 1. The lowest BCUT2D eigenvalue weighted by molar-refractivity contribution is -0.114. The minimum absolute atomic E-state index is 0.0656. The predicted molar refractivity (Wildman–Crippen MR) is 117 cm³/mol. The van der Waals surface area contributed by atoms with Crippen molar-refractivity contribution >= 4 is 22.5 Å². The minimum atomic E-state index is -0.0656. The molecule has 2 aromatic carbocycles. The van der Waals surface area contributed by atoms with Crippen LogP contribution in [-0.4, -0.2) is 48.6 Å². The Kier molecular flexibility index (Phi) is 6.17. The van der Waals surface area contributed by atoms with Crippen molar-refractivity contribution in [2.75, 3.05) is 38.2 Å². The lowest BCUT2D eigenvalue weighted by Crippen LogP contribution is -2.36. The fourth-order valence-electron chi connectivity index (χ4n) is 3.85. The van der Waals surface area contributed by atoms with Gasteiger partial charge in [0.2, 0.25) is 5.91 Å². The highest BCUT2D eigenvalue weighted by Crippen LogP contribution is 2.26. The van der Waals surface area contributed by atoms with Gasteiger partial charge in [0.15, 0.2) is 0 Å². The summed E-state index contributed by atoms with van der Waals surface area (Å²) in [5, 5.41) is 4.04. The second-order valence-corrected chi connectivity index (χ2v) is 7.50. The Labute approximate surface area is 171 Å². The van der Waals surface area contributed by atoms with E-state index in [1.165, 1.54) is 17.9 Å². The number of aryl methyl sites for hydroxylation is 1. The molecule has 5 nitrogen and oxygen atoms in total. The van der Waals surface area contributed by atoms with Gasteiger partial charge in [0.1, 0.15) is 0 Å². The van der Waals surface area contributed by atoms with Gasteiger partial charge in [-0.1, -0.05) is 30.3 Å². The van der Waals surface area contributed by atoms with Crippen LogP contribution in [0.2, 0.25) is 0 Å². The van der Waals surface area contributed by atoms with Crippen LogP contribution in [0.25, 0.3) is 22.2 Å². The van der Waals surface area contributed by atoms with Crippen LogP contribution < -0.4 is 5.32 Å². The number of rotatable bonds is 6. The maximum absolute atomic E-state index is 11.2. The number of anilines is 1. The molecule has 0 atom stereocenters. The van der Waals surface area contributed by atoms with Crippen molar-refractivity contribution in [1.29, 1.82) is 0 Å². The van der Waals surface area contributed by atoms with E-state index in [-0.39, 0.29) is 5.91 Å². The number of benzene rings is 2. The van der Waals surface area contributed by atoms with E-state index in [0.717, 1.165) is 68.2 Å². The van der Waals surface area contributed by atoms with Gasteiger partial charge in [-0.25, -0.2) is 4.98 Å². The van der Waals surface area contributed by atoms with Crippen LogP contribution in [0.3, 0.4) is 0 Å². The van der Waals surface area contributed by atoms with Gasteiger partial charge in [-0.3, -0.25) is 9.69 Å². The number of morpholine rings is 1. The van der Waals surface area contributed by atoms with Crippen molar-refractivity contribution in [2.45, 2.75) is 19.8 Å². The number of carbonyl (C=O) groups is 1. The largest absolute Gasteiger partial charge is 0.379 e. The summed E-state index contributed by atoms with van der Waals surface area (Å²) in [5.41, 5.74) is 5.19. The summed E-state index contributed by atoms with van der Waals surface area (Å²) in [4.78, 5) is 18.6.